The number of aromatic hydroxyl groups is 1. The van der Waals surface area contributed by atoms with Gasteiger partial charge in [-0.05, 0) is 43.2 Å². The minimum Gasteiger partial charge on any atom is -0.505 e. The van der Waals surface area contributed by atoms with E-state index in [9.17, 15) is 13.5 Å². The molecule has 0 bridgehead atoms. The number of benzene rings is 1. The molecule has 0 aromatic heterocycles. The van der Waals surface area contributed by atoms with Crippen LogP contribution in [-0.4, -0.2) is 32.8 Å². The fraction of sp³-hybridized carbons (Fsp3) is 0.625. The van der Waals surface area contributed by atoms with Gasteiger partial charge in [-0.25, -0.2) is 13.1 Å². The predicted molar refractivity (Wildman–Crippen MR) is 90.3 cm³/mol. The van der Waals surface area contributed by atoms with Crippen molar-refractivity contribution < 1.29 is 18.3 Å². The molecule has 1 aromatic carbocycles. The number of phenolic OH excluding ortho intramolecular Hbond substituents is 1. The lowest BCUT2D eigenvalue weighted by atomic mass is 9.71. The Balaban J connectivity index is 2.13. The zero-order valence-electron chi connectivity index (χ0n) is 13.7. The average Bonchev–Trinajstić information content (AvgIpc) is 2.49. The minimum absolute atomic E-state index is 0.00810. The smallest absolute Gasteiger partial charge is 0.244 e. The summed E-state index contributed by atoms with van der Waals surface area (Å²) in [5.41, 5.74) is -0.247. The van der Waals surface area contributed by atoms with Crippen molar-refractivity contribution in [3.63, 3.8) is 0 Å². The molecule has 1 saturated carbocycles. The van der Waals surface area contributed by atoms with Gasteiger partial charge in [0.15, 0.2) is 5.75 Å². The van der Waals surface area contributed by atoms with Crippen LogP contribution in [0.4, 0.5) is 0 Å². The molecule has 2 N–H and O–H groups in total. The van der Waals surface area contributed by atoms with Crippen molar-refractivity contribution in [2.75, 3.05) is 13.7 Å². The number of hydrogen-bond donors (Lipinski definition) is 2. The molecule has 1 aliphatic carbocycles. The standard InChI is InChI=1S/C16H24ClNO4S/c1-15(2)7-9-16(22-3,10-8-15)11-18-23(20,21)13-6-4-5-12(17)14(13)19/h4-6,18-19H,7-11H2,1-3H3. The molecule has 0 spiro atoms. The van der Waals surface area contributed by atoms with E-state index in [1.807, 2.05) is 0 Å². The van der Waals surface area contributed by atoms with E-state index in [4.69, 9.17) is 16.3 Å². The number of ether oxygens (including phenoxy) is 1. The summed E-state index contributed by atoms with van der Waals surface area (Å²) in [6, 6.07) is 4.26. The van der Waals surface area contributed by atoms with Crippen LogP contribution in [0.25, 0.3) is 0 Å². The van der Waals surface area contributed by atoms with Crippen LogP contribution in [0.2, 0.25) is 5.02 Å². The lowest BCUT2D eigenvalue weighted by Gasteiger charge is -2.42. The van der Waals surface area contributed by atoms with Gasteiger partial charge in [-0.2, -0.15) is 0 Å². The van der Waals surface area contributed by atoms with E-state index in [1.165, 1.54) is 18.2 Å². The summed E-state index contributed by atoms with van der Waals surface area (Å²) in [4.78, 5) is -0.215. The summed E-state index contributed by atoms with van der Waals surface area (Å²) in [6.07, 6.45) is 3.54. The van der Waals surface area contributed by atoms with Gasteiger partial charge < -0.3 is 9.84 Å². The third-order valence-electron chi connectivity index (χ3n) is 4.77. The zero-order valence-corrected chi connectivity index (χ0v) is 15.3. The molecule has 0 unspecified atom stereocenters. The molecule has 0 radical (unpaired) electrons. The lowest BCUT2D eigenvalue weighted by Crippen LogP contribution is -2.48. The highest BCUT2D eigenvalue weighted by Crippen LogP contribution is 2.41. The Hall–Kier alpha value is -0.820. The second-order valence-electron chi connectivity index (χ2n) is 6.96. The van der Waals surface area contributed by atoms with E-state index in [0.717, 1.165) is 25.7 Å². The van der Waals surface area contributed by atoms with Gasteiger partial charge >= 0.3 is 0 Å². The molecule has 1 aliphatic rings. The number of phenols is 1. The first-order valence-electron chi connectivity index (χ1n) is 7.63. The van der Waals surface area contributed by atoms with Gasteiger partial charge in [0.2, 0.25) is 10.0 Å². The SMILES string of the molecule is COC1(CNS(=O)(=O)c2cccc(Cl)c2O)CCC(C)(C)CC1. The molecule has 23 heavy (non-hydrogen) atoms. The Bertz CT molecular complexity index is 663. The molecular formula is C16H24ClNO4S. The van der Waals surface area contributed by atoms with Gasteiger partial charge in [0.05, 0.1) is 10.6 Å². The van der Waals surface area contributed by atoms with Crippen LogP contribution in [0.3, 0.4) is 0 Å². The normalized spacial score (nSPS) is 20.3. The van der Waals surface area contributed by atoms with Gasteiger partial charge in [-0.3, -0.25) is 0 Å². The van der Waals surface area contributed by atoms with Crippen molar-refractivity contribution in [1.29, 1.82) is 0 Å². The quantitative estimate of drug-likeness (QED) is 0.843. The van der Waals surface area contributed by atoms with Crippen LogP contribution in [-0.2, 0) is 14.8 Å². The Morgan fingerprint density at radius 3 is 2.43 bits per heavy atom. The molecule has 2 rings (SSSR count). The van der Waals surface area contributed by atoms with Gasteiger partial charge in [-0.1, -0.05) is 31.5 Å². The Kier molecular flexibility index (Phi) is 5.31. The van der Waals surface area contributed by atoms with Crippen LogP contribution < -0.4 is 4.72 Å². The molecule has 0 saturated heterocycles. The van der Waals surface area contributed by atoms with Crippen LogP contribution in [0.15, 0.2) is 23.1 Å². The average molecular weight is 362 g/mol. The molecule has 0 heterocycles. The van der Waals surface area contributed by atoms with Crippen molar-refractivity contribution in [2.24, 2.45) is 5.41 Å². The van der Waals surface area contributed by atoms with Crippen molar-refractivity contribution in [3.8, 4) is 5.75 Å². The topological polar surface area (TPSA) is 75.6 Å². The van der Waals surface area contributed by atoms with Gasteiger partial charge in [-0.15, -0.1) is 0 Å². The first-order valence-corrected chi connectivity index (χ1v) is 9.49. The molecule has 0 amide bonds. The maximum atomic E-state index is 12.4. The molecule has 130 valence electrons. The highest BCUT2D eigenvalue weighted by Gasteiger charge is 2.39. The van der Waals surface area contributed by atoms with E-state index in [0.29, 0.717) is 0 Å². The summed E-state index contributed by atoms with van der Waals surface area (Å²) in [5.74, 6) is -0.432. The summed E-state index contributed by atoms with van der Waals surface area (Å²) < 4.78 is 33.1. The largest absolute Gasteiger partial charge is 0.505 e. The number of para-hydroxylation sites is 1. The number of rotatable bonds is 5. The van der Waals surface area contributed by atoms with Crippen molar-refractivity contribution in [1.82, 2.24) is 4.72 Å². The van der Waals surface area contributed by atoms with Gasteiger partial charge in [0, 0.05) is 13.7 Å². The number of halogens is 1. The molecule has 5 nitrogen and oxygen atoms in total. The number of methoxy groups -OCH3 is 1. The van der Waals surface area contributed by atoms with E-state index >= 15 is 0 Å². The number of nitrogens with one attached hydrogen (secondary N) is 1. The van der Waals surface area contributed by atoms with E-state index in [1.54, 1.807) is 7.11 Å². The van der Waals surface area contributed by atoms with Gasteiger partial charge in [0.1, 0.15) is 4.90 Å². The Morgan fingerprint density at radius 1 is 1.26 bits per heavy atom. The highest BCUT2D eigenvalue weighted by molar-refractivity contribution is 7.89. The van der Waals surface area contributed by atoms with E-state index < -0.39 is 21.4 Å². The molecular weight excluding hydrogens is 338 g/mol. The Labute approximate surface area is 143 Å². The minimum atomic E-state index is -3.85. The fourth-order valence-electron chi connectivity index (χ4n) is 2.85. The number of sulfonamides is 1. The lowest BCUT2D eigenvalue weighted by molar-refractivity contribution is -0.0561. The molecule has 7 heteroatoms. The van der Waals surface area contributed by atoms with Crippen LogP contribution in [0.5, 0.6) is 5.75 Å². The molecule has 1 aromatic rings. The summed E-state index contributed by atoms with van der Waals surface area (Å²) in [6.45, 7) is 4.59. The maximum absolute atomic E-state index is 12.4. The van der Waals surface area contributed by atoms with Crippen molar-refractivity contribution in [3.05, 3.63) is 23.2 Å². The third kappa shape index (κ3) is 4.18. The molecule has 1 fully saturated rings. The van der Waals surface area contributed by atoms with Crippen LogP contribution in [0.1, 0.15) is 39.5 Å². The summed E-state index contributed by atoms with van der Waals surface area (Å²) >= 11 is 5.79. The van der Waals surface area contributed by atoms with Crippen LogP contribution in [0, 0.1) is 5.41 Å². The zero-order chi connectivity index (χ0) is 17.3. The fourth-order valence-corrected chi connectivity index (χ4v) is 4.31. The maximum Gasteiger partial charge on any atom is 0.244 e. The Morgan fingerprint density at radius 2 is 1.87 bits per heavy atom. The predicted octanol–water partition coefficient (Wildman–Crippen LogP) is 3.31. The first-order chi connectivity index (χ1) is 10.6. The van der Waals surface area contributed by atoms with Crippen molar-refractivity contribution in [2.45, 2.75) is 50.0 Å². The second kappa shape index (κ2) is 6.59. The number of hydrogen-bond acceptors (Lipinski definition) is 4. The van der Waals surface area contributed by atoms with E-state index in [-0.39, 0.29) is 21.9 Å². The molecule has 0 aliphatic heterocycles. The summed E-state index contributed by atoms with van der Waals surface area (Å²) in [5, 5.41) is 9.89. The first kappa shape index (κ1) is 18.5. The highest BCUT2D eigenvalue weighted by atomic mass is 35.5. The van der Waals surface area contributed by atoms with Crippen LogP contribution >= 0.6 is 11.6 Å². The third-order valence-corrected chi connectivity index (χ3v) is 6.51. The second-order valence-corrected chi connectivity index (χ2v) is 9.11. The summed E-state index contributed by atoms with van der Waals surface area (Å²) in [7, 11) is -2.24. The van der Waals surface area contributed by atoms with E-state index in [2.05, 4.69) is 18.6 Å². The van der Waals surface area contributed by atoms with Crippen molar-refractivity contribution >= 4 is 21.6 Å². The monoisotopic (exact) mass is 361 g/mol. The molecule has 0 atom stereocenters. The van der Waals surface area contributed by atoms with Gasteiger partial charge in [0.25, 0.3) is 0 Å².